The molecule has 0 fully saturated rings. The predicted molar refractivity (Wildman–Crippen MR) is 87.1 cm³/mol. The van der Waals surface area contributed by atoms with Crippen LogP contribution in [0.1, 0.15) is 29.8 Å². The summed E-state index contributed by atoms with van der Waals surface area (Å²) in [5.41, 5.74) is 14.5. The molecule has 0 heterocycles. The third-order valence-electron chi connectivity index (χ3n) is 3.44. The Bertz CT molecular complexity index is 623. The molecule has 0 atom stereocenters. The first-order valence-electron chi connectivity index (χ1n) is 6.99. The van der Waals surface area contributed by atoms with Gasteiger partial charge in [0.2, 0.25) is 0 Å². The van der Waals surface area contributed by atoms with Crippen molar-refractivity contribution in [3.63, 3.8) is 0 Å². The predicted octanol–water partition coefficient (Wildman–Crippen LogP) is 2.78. The summed E-state index contributed by atoms with van der Waals surface area (Å²) in [4.78, 5) is 13.8. The number of anilines is 2. The molecule has 4 N–H and O–H groups in total. The lowest BCUT2D eigenvalue weighted by atomic mass is 10.1. The van der Waals surface area contributed by atoms with E-state index in [9.17, 15) is 4.79 Å². The minimum Gasteiger partial charge on any atom is -0.397 e. The van der Waals surface area contributed by atoms with Crippen molar-refractivity contribution in [2.24, 2.45) is 5.73 Å². The lowest BCUT2D eigenvalue weighted by Crippen LogP contribution is -2.33. The van der Waals surface area contributed by atoms with Crippen molar-refractivity contribution in [3.05, 3.63) is 59.7 Å². The Hall–Kier alpha value is -2.49. The maximum absolute atomic E-state index is 11.7. The molecule has 110 valence electrons. The molecule has 2 rings (SSSR count). The lowest BCUT2D eigenvalue weighted by molar-refractivity contribution is 0.100. The molecule has 0 bridgehead atoms. The molecule has 21 heavy (non-hydrogen) atoms. The topological polar surface area (TPSA) is 72.3 Å². The summed E-state index contributed by atoms with van der Waals surface area (Å²) in [7, 11) is 0. The van der Waals surface area contributed by atoms with Gasteiger partial charge in [0.05, 0.1) is 16.9 Å². The van der Waals surface area contributed by atoms with E-state index in [1.54, 1.807) is 18.2 Å². The Morgan fingerprint density at radius 1 is 1.10 bits per heavy atom. The van der Waals surface area contributed by atoms with Gasteiger partial charge < -0.3 is 16.4 Å². The van der Waals surface area contributed by atoms with E-state index >= 15 is 0 Å². The zero-order valence-electron chi connectivity index (χ0n) is 12.4. The number of hydrogen-bond donors (Lipinski definition) is 2. The van der Waals surface area contributed by atoms with Crippen LogP contribution in [0.25, 0.3) is 0 Å². The maximum atomic E-state index is 11.7. The number of rotatable bonds is 5. The molecule has 1 amide bonds. The second kappa shape index (κ2) is 6.31. The Balaban J connectivity index is 2.46. The fraction of sp³-hybridized carbons (Fsp3) is 0.235. The minimum absolute atomic E-state index is 0.188. The molecular weight excluding hydrogens is 262 g/mol. The van der Waals surface area contributed by atoms with Crippen molar-refractivity contribution in [1.82, 2.24) is 0 Å². The number of nitrogens with two attached hydrogens (primary N) is 2. The first-order chi connectivity index (χ1) is 10.0. The smallest absolute Gasteiger partial charge is 0.250 e. The van der Waals surface area contributed by atoms with Crippen molar-refractivity contribution in [1.29, 1.82) is 0 Å². The molecule has 4 nitrogen and oxygen atoms in total. The van der Waals surface area contributed by atoms with E-state index in [0.717, 1.165) is 5.56 Å². The molecule has 0 aliphatic rings. The van der Waals surface area contributed by atoms with Crippen molar-refractivity contribution in [3.8, 4) is 0 Å². The standard InChI is InChI=1S/C17H21N3O/c1-12(2)20(11-13-7-4-3-5-8-13)16-14(17(19)21)9-6-10-15(16)18/h3-10,12H,11,18H2,1-2H3,(H2,19,21). The van der Waals surface area contributed by atoms with Crippen molar-refractivity contribution in [2.75, 3.05) is 10.6 Å². The summed E-state index contributed by atoms with van der Waals surface area (Å²) in [6, 6.07) is 15.5. The molecule has 0 radical (unpaired) electrons. The number of amides is 1. The second-order valence-electron chi connectivity index (χ2n) is 5.31. The number of nitrogens with zero attached hydrogens (tertiary/aromatic N) is 1. The van der Waals surface area contributed by atoms with Crippen LogP contribution in [-0.2, 0) is 6.54 Å². The zero-order chi connectivity index (χ0) is 15.4. The monoisotopic (exact) mass is 283 g/mol. The van der Waals surface area contributed by atoms with Crippen LogP contribution >= 0.6 is 0 Å². The van der Waals surface area contributed by atoms with Crippen molar-refractivity contribution < 1.29 is 4.79 Å². The molecule has 0 saturated heterocycles. The molecular formula is C17H21N3O. The highest BCUT2D eigenvalue weighted by atomic mass is 16.1. The van der Waals surface area contributed by atoms with Crippen molar-refractivity contribution in [2.45, 2.75) is 26.4 Å². The van der Waals surface area contributed by atoms with E-state index in [1.165, 1.54) is 0 Å². The number of para-hydroxylation sites is 1. The Morgan fingerprint density at radius 3 is 2.33 bits per heavy atom. The normalized spacial score (nSPS) is 10.6. The summed E-state index contributed by atoms with van der Waals surface area (Å²) in [6.45, 7) is 4.81. The van der Waals surface area contributed by atoms with Crippen LogP contribution in [0, 0.1) is 0 Å². The molecule has 2 aromatic rings. The fourth-order valence-electron chi connectivity index (χ4n) is 2.38. The molecule has 0 aliphatic carbocycles. The Morgan fingerprint density at radius 2 is 1.76 bits per heavy atom. The summed E-state index contributed by atoms with van der Waals surface area (Å²) in [5.74, 6) is -0.462. The second-order valence-corrected chi connectivity index (χ2v) is 5.31. The number of nitrogen functional groups attached to an aromatic ring is 1. The highest BCUT2D eigenvalue weighted by Crippen LogP contribution is 2.30. The maximum Gasteiger partial charge on any atom is 0.250 e. The van der Waals surface area contributed by atoms with Crippen LogP contribution in [0.3, 0.4) is 0 Å². The van der Waals surface area contributed by atoms with Crippen LogP contribution in [0.4, 0.5) is 11.4 Å². The van der Waals surface area contributed by atoms with Gasteiger partial charge in [0.25, 0.3) is 5.91 Å². The number of hydrogen-bond acceptors (Lipinski definition) is 3. The van der Waals surface area contributed by atoms with E-state index in [-0.39, 0.29) is 6.04 Å². The highest BCUT2D eigenvalue weighted by molar-refractivity contribution is 6.01. The van der Waals surface area contributed by atoms with E-state index < -0.39 is 5.91 Å². The van der Waals surface area contributed by atoms with Crippen LogP contribution in [0.5, 0.6) is 0 Å². The molecule has 0 aromatic heterocycles. The Labute approximate surface area is 125 Å². The van der Waals surface area contributed by atoms with Gasteiger partial charge in [-0.1, -0.05) is 36.4 Å². The van der Waals surface area contributed by atoms with E-state index in [4.69, 9.17) is 11.5 Å². The molecule has 2 aromatic carbocycles. The largest absolute Gasteiger partial charge is 0.397 e. The summed E-state index contributed by atoms with van der Waals surface area (Å²) < 4.78 is 0. The van der Waals surface area contributed by atoms with Gasteiger partial charge in [0.1, 0.15) is 0 Å². The average molecular weight is 283 g/mol. The van der Waals surface area contributed by atoms with Gasteiger partial charge >= 0.3 is 0 Å². The summed E-state index contributed by atoms with van der Waals surface area (Å²) in [6.07, 6.45) is 0. The van der Waals surface area contributed by atoms with Gasteiger partial charge in [-0.05, 0) is 31.5 Å². The molecule has 4 heteroatoms. The van der Waals surface area contributed by atoms with E-state index in [1.807, 2.05) is 18.2 Å². The van der Waals surface area contributed by atoms with Crippen LogP contribution in [0.2, 0.25) is 0 Å². The van der Waals surface area contributed by atoms with Crippen LogP contribution in [0.15, 0.2) is 48.5 Å². The highest BCUT2D eigenvalue weighted by Gasteiger charge is 2.20. The summed E-state index contributed by atoms with van der Waals surface area (Å²) >= 11 is 0. The fourth-order valence-corrected chi connectivity index (χ4v) is 2.38. The van der Waals surface area contributed by atoms with Gasteiger partial charge in [-0.25, -0.2) is 0 Å². The molecule has 0 aliphatic heterocycles. The van der Waals surface area contributed by atoms with Gasteiger partial charge in [0.15, 0.2) is 0 Å². The van der Waals surface area contributed by atoms with E-state index in [2.05, 4.69) is 30.9 Å². The van der Waals surface area contributed by atoms with Gasteiger partial charge in [-0.3, -0.25) is 4.79 Å². The minimum atomic E-state index is -0.462. The zero-order valence-corrected chi connectivity index (χ0v) is 12.4. The first-order valence-corrected chi connectivity index (χ1v) is 6.99. The lowest BCUT2D eigenvalue weighted by Gasteiger charge is -2.31. The molecule has 0 spiro atoms. The van der Waals surface area contributed by atoms with Crippen LogP contribution in [-0.4, -0.2) is 11.9 Å². The number of primary amides is 1. The van der Waals surface area contributed by atoms with Crippen LogP contribution < -0.4 is 16.4 Å². The quantitative estimate of drug-likeness (QED) is 0.829. The average Bonchev–Trinajstić information content (AvgIpc) is 2.45. The number of carbonyl (C=O) groups is 1. The summed E-state index contributed by atoms with van der Waals surface area (Å²) in [5, 5.41) is 0. The number of carbonyl (C=O) groups excluding carboxylic acids is 1. The first kappa shape index (κ1) is 14.9. The van der Waals surface area contributed by atoms with E-state index in [0.29, 0.717) is 23.5 Å². The van der Waals surface area contributed by atoms with Gasteiger partial charge in [-0.15, -0.1) is 0 Å². The Kier molecular flexibility index (Phi) is 4.48. The van der Waals surface area contributed by atoms with Crippen molar-refractivity contribution >= 4 is 17.3 Å². The van der Waals surface area contributed by atoms with Gasteiger partial charge in [0, 0.05) is 12.6 Å². The molecule has 0 saturated carbocycles. The van der Waals surface area contributed by atoms with Gasteiger partial charge in [-0.2, -0.15) is 0 Å². The third-order valence-corrected chi connectivity index (χ3v) is 3.44. The molecule has 0 unspecified atom stereocenters. The number of benzene rings is 2. The SMILES string of the molecule is CC(C)N(Cc1ccccc1)c1c(N)cccc1C(N)=O. The third kappa shape index (κ3) is 3.34.